The van der Waals surface area contributed by atoms with Crippen molar-refractivity contribution < 1.29 is 4.74 Å². The van der Waals surface area contributed by atoms with Crippen LogP contribution in [-0.2, 0) is 6.54 Å². The van der Waals surface area contributed by atoms with Gasteiger partial charge in [0.2, 0.25) is 5.88 Å². The fourth-order valence-electron chi connectivity index (χ4n) is 1.82. The topological polar surface area (TPSA) is 47.0 Å². The molecular formula is C15H16BrN3O. The van der Waals surface area contributed by atoms with Crippen molar-refractivity contribution in [3.63, 3.8) is 0 Å². The van der Waals surface area contributed by atoms with Crippen molar-refractivity contribution in [2.24, 2.45) is 0 Å². The van der Waals surface area contributed by atoms with E-state index in [1.165, 1.54) is 18.4 Å². The molecule has 5 heteroatoms. The van der Waals surface area contributed by atoms with Crippen LogP contribution < -0.4 is 10.1 Å². The van der Waals surface area contributed by atoms with E-state index < -0.39 is 0 Å². The zero-order valence-corrected chi connectivity index (χ0v) is 12.9. The zero-order chi connectivity index (χ0) is 13.9. The number of ether oxygens (including phenoxy) is 1. The molecular weight excluding hydrogens is 318 g/mol. The standard InChI is InChI=1S/C15H16BrN3O/c1-10-2-5-14(13(16)6-10)20-15-9-18-12(8-19-15)7-17-11-3-4-11/h2,5-6,8-9,11,17H,3-4,7H2,1H3. The predicted molar refractivity (Wildman–Crippen MR) is 80.8 cm³/mol. The summed E-state index contributed by atoms with van der Waals surface area (Å²) in [5.41, 5.74) is 2.11. The minimum Gasteiger partial charge on any atom is -0.436 e. The Balaban J connectivity index is 1.64. The Bertz CT molecular complexity index is 597. The number of hydrogen-bond acceptors (Lipinski definition) is 4. The molecule has 1 N–H and O–H groups in total. The third-order valence-corrected chi connectivity index (χ3v) is 3.75. The number of hydrogen-bond donors (Lipinski definition) is 1. The smallest absolute Gasteiger partial charge is 0.237 e. The highest BCUT2D eigenvalue weighted by atomic mass is 79.9. The first-order chi connectivity index (χ1) is 9.70. The average Bonchev–Trinajstić information content (AvgIpc) is 3.25. The average molecular weight is 334 g/mol. The van der Waals surface area contributed by atoms with Gasteiger partial charge in [-0.2, -0.15) is 0 Å². The Morgan fingerprint density at radius 2 is 2.15 bits per heavy atom. The monoisotopic (exact) mass is 333 g/mol. The van der Waals surface area contributed by atoms with Gasteiger partial charge in [0.1, 0.15) is 5.75 Å². The molecule has 0 amide bonds. The molecule has 1 aromatic carbocycles. The quantitative estimate of drug-likeness (QED) is 0.908. The summed E-state index contributed by atoms with van der Waals surface area (Å²) in [7, 11) is 0. The Labute approximate surface area is 126 Å². The van der Waals surface area contributed by atoms with Crippen molar-refractivity contribution in [2.45, 2.75) is 32.4 Å². The van der Waals surface area contributed by atoms with E-state index in [0.29, 0.717) is 11.9 Å². The normalized spacial score (nSPS) is 14.3. The molecule has 3 rings (SSSR count). The van der Waals surface area contributed by atoms with Gasteiger partial charge in [-0.15, -0.1) is 0 Å². The molecule has 0 aliphatic heterocycles. The molecule has 4 nitrogen and oxygen atoms in total. The van der Waals surface area contributed by atoms with Crippen molar-refractivity contribution >= 4 is 15.9 Å². The summed E-state index contributed by atoms with van der Waals surface area (Å²) in [5.74, 6) is 1.25. The third-order valence-electron chi connectivity index (χ3n) is 3.13. The van der Waals surface area contributed by atoms with Gasteiger partial charge in [0.25, 0.3) is 0 Å². The summed E-state index contributed by atoms with van der Waals surface area (Å²) in [5, 5.41) is 3.41. The largest absolute Gasteiger partial charge is 0.436 e. The molecule has 20 heavy (non-hydrogen) atoms. The molecule has 0 atom stereocenters. The van der Waals surface area contributed by atoms with E-state index in [1.807, 2.05) is 25.1 Å². The number of nitrogens with zero attached hydrogens (tertiary/aromatic N) is 2. The van der Waals surface area contributed by atoms with Gasteiger partial charge >= 0.3 is 0 Å². The van der Waals surface area contributed by atoms with E-state index in [9.17, 15) is 0 Å². The van der Waals surface area contributed by atoms with E-state index in [0.717, 1.165) is 22.5 Å². The lowest BCUT2D eigenvalue weighted by molar-refractivity contribution is 0.456. The Hall–Kier alpha value is -1.46. The Kier molecular flexibility index (Phi) is 3.98. The number of benzene rings is 1. The van der Waals surface area contributed by atoms with Crippen LogP contribution in [0.3, 0.4) is 0 Å². The molecule has 1 aromatic heterocycles. The molecule has 0 bridgehead atoms. The molecule has 0 radical (unpaired) electrons. The lowest BCUT2D eigenvalue weighted by atomic mass is 10.2. The lowest BCUT2D eigenvalue weighted by Crippen LogP contribution is -2.16. The molecule has 0 unspecified atom stereocenters. The molecule has 1 fully saturated rings. The number of halogens is 1. The van der Waals surface area contributed by atoms with Crippen LogP contribution in [0.4, 0.5) is 0 Å². The van der Waals surface area contributed by atoms with Crippen molar-refractivity contribution in [3.05, 3.63) is 46.3 Å². The van der Waals surface area contributed by atoms with Gasteiger partial charge in [-0.3, -0.25) is 4.98 Å². The summed E-state index contributed by atoms with van der Waals surface area (Å²) in [6, 6.07) is 6.61. The van der Waals surface area contributed by atoms with Crippen LogP contribution >= 0.6 is 15.9 Å². The zero-order valence-electron chi connectivity index (χ0n) is 11.3. The predicted octanol–water partition coefficient (Wildman–Crippen LogP) is 3.59. The van der Waals surface area contributed by atoms with Gasteiger partial charge in [0.05, 0.1) is 22.6 Å². The van der Waals surface area contributed by atoms with E-state index in [4.69, 9.17) is 4.74 Å². The van der Waals surface area contributed by atoms with Gasteiger partial charge in [-0.1, -0.05) is 6.07 Å². The van der Waals surface area contributed by atoms with E-state index >= 15 is 0 Å². The molecule has 1 aliphatic carbocycles. The number of aryl methyl sites for hydroxylation is 1. The molecule has 1 aliphatic rings. The first kappa shape index (κ1) is 13.5. The third kappa shape index (κ3) is 3.55. The maximum atomic E-state index is 5.72. The SMILES string of the molecule is Cc1ccc(Oc2cnc(CNC3CC3)cn2)c(Br)c1. The molecule has 0 spiro atoms. The first-order valence-corrected chi connectivity index (χ1v) is 7.48. The van der Waals surface area contributed by atoms with Crippen LogP contribution in [0.15, 0.2) is 35.1 Å². The van der Waals surface area contributed by atoms with Crippen LogP contribution in [0, 0.1) is 6.92 Å². The minimum absolute atomic E-state index is 0.504. The molecule has 104 valence electrons. The fraction of sp³-hybridized carbons (Fsp3) is 0.333. The highest BCUT2D eigenvalue weighted by Crippen LogP contribution is 2.29. The van der Waals surface area contributed by atoms with E-state index in [2.05, 4.69) is 31.2 Å². The Morgan fingerprint density at radius 3 is 2.80 bits per heavy atom. The van der Waals surface area contributed by atoms with Crippen LogP contribution in [0.25, 0.3) is 0 Å². The summed E-state index contributed by atoms with van der Waals surface area (Å²) in [4.78, 5) is 8.65. The number of aromatic nitrogens is 2. The van der Waals surface area contributed by atoms with Crippen molar-refractivity contribution in [3.8, 4) is 11.6 Å². The van der Waals surface area contributed by atoms with Gasteiger partial charge in [-0.25, -0.2) is 4.98 Å². The van der Waals surface area contributed by atoms with Crippen molar-refractivity contribution in [1.82, 2.24) is 15.3 Å². The lowest BCUT2D eigenvalue weighted by Gasteiger charge is -2.08. The summed E-state index contributed by atoms with van der Waals surface area (Å²) >= 11 is 3.48. The van der Waals surface area contributed by atoms with Crippen molar-refractivity contribution in [2.75, 3.05) is 0 Å². The number of nitrogens with one attached hydrogen (secondary N) is 1. The second-order valence-corrected chi connectivity index (χ2v) is 5.89. The summed E-state index contributed by atoms with van der Waals surface area (Å²) in [6.45, 7) is 2.81. The maximum Gasteiger partial charge on any atom is 0.237 e. The highest BCUT2D eigenvalue weighted by molar-refractivity contribution is 9.10. The second-order valence-electron chi connectivity index (χ2n) is 5.04. The second kappa shape index (κ2) is 5.89. The van der Waals surface area contributed by atoms with Crippen LogP contribution in [0.5, 0.6) is 11.6 Å². The molecule has 2 aromatic rings. The maximum absolute atomic E-state index is 5.72. The van der Waals surface area contributed by atoms with Crippen molar-refractivity contribution in [1.29, 1.82) is 0 Å². The molecule has 0 saturated heterocycles. The molecule has 1 saturated carbocycles. The Morgan fingerprint density at radius 1 is 1.30 bits per heavy atom. The van der Waals surface area contributed by atoms with Crippen LogP contribution in [0.2, 0.25) is 0 Å². The van der Waals surface area contributed by atoms with E-state index in [-0.39, 0.29) is 0 Å². The van der Waals surface area contributed by atoms with Crippen LogP contribution in [-0.4, -0.2) is 16.0 Å². The minimum atomic E-state index is 0.504. The summed E-state index contributed by atoms with van der Waals surface area (Å²) < 4.78 is 6.63. The molecule has 1 heterocycles. The van der Waals surface area contributed by atoms with Gasteiger partial charge in [-0.05, 0) is 53.4 Å². The van der Waals surface area contributed by atoms with Crippen LogP contribution in [0.1, 0.15) is 24.1 Å². The van der Waals surface area contributed by atoms with E-state index in [1.54, 1.807) is 12.4 Å². The summed E-state index contributed by atoms with van der Waals surface area (Å²) in [6.07, 6.45) is 5.97. The fourth-order valence-corrected chi connectivity index (χ4v) is 2.40. The van der Waals surface area contributed by atoms with Gasteiger partial charge in [0.15, 0.2) is 0 Å². The highest BCUT2D eigenvalue weighted by Gasteiger charge is 2.20. The van der Waals surface area contributed by atoms with Gasteiger partial charge < -0.3 is 10.1 Å². The first-order valence-electron chi connectivity index (χ1n) is 6.69. The van der Waals surface area contributed by atoms with Gasteiger partial charge in [0, 0.05) is 12.6 Å². The number of rotatable bonds is 5.